The van der Waals surface area contributed by atoms with Crippen LogP contribution in [0.4, 0.5) is 5.69 Å². The second kappa shape index (κ2) is 8.40. The minimum absolute atomic E-state index is 0.0340. The van der Waals surface area contributed by atoms with Gasteiger partial charge in [-0.25, -0.2) is 4.98 Å². The van der Waals surface area contributed by atoms with Gasteiger partial charge in [-0.05, 0) is 19.1 Å². The summed E-state index contributed by atoms with van der Waals surface area (Å²) >= 11 is 1.47. The molecule has 0 radical (unpaired) electrons. The number of esters is 1. The van der Waals surface area contributed by atoms with Crippen LogP contribution in [0, 0.1) is 0 Å². The third kappa shape index (κ3) is 4.77. The molecule has 3 aromatic rings. The molecule has 0 fully saturated rings. The maximum absolute atomic E-state index is 12.1. The van der Waals surface area contributed by atoms with Crippen molar-refractivity contribution >= 4 is 28.9 Å². The summed E-state index contributed by atoms with van der Waals surface area (Å²) in [7, 11) is 0. The normalized spacial score (nSPS) is 11.6. The smallest absolute Gasteiger partial charge is 0.312 e. The minimum Gasteiger partial charge on any atom is -0.452 e. The summed E-state index contributed by atoms with van der Waals surface area (Å²) in [5.41, 5.74) is 2.30. The number of nitrogens with zero attached hydrogens (tertiary/aromatic N) is 1. The predicted octanol–water partition coefficient (Wildman–Crippen LogP) is 3.92. The Morgan fingerprint density at radius 3 is 2.42 bits per heavy atom. The van der Waals surface area contributed by atoms with E-state index in [4.69, 9.17) is 4.74 Å². The van der Waals surface area contributed by atoms with Crippen LogP contribution in [0.5, 0.6) is 0 Å². The van der Waals surface area contributed by atoms with Gasteiger partial charge in [0.1, 0.15) is 5.01 Å². The van der Waals surface area contributed by atoms with Crippen molar-refractivity contribution in [2.24, 2.45) is 0 Å². The molecule has 0 aliphatic rings. The van der Waals surface area contributed by atoms with Crippen molar-refractivity contribution in [2.45, 2.75) is 19.4 Å². The molecule has 1 aromatic heterocycles. The van der Waals surface area contributed by atoms with Crippen LogP contribution in [0.3, 0.4) is 0 Å². The molecule has 0 aliphatic heterocycles. The first-order valence-electron chi connectivity index (χ1n) is 8.17. The molecule has 1 unspecified atom stereocenters. The van der Waals surface area contributed by atoms with Crippen molar-refractivity contribution < 1.29 is 14.3 Å². The lowest BCUT2D eigenvalue weighted by Gasteiger charge is -2.13. The van der Waals surface area contributed by atoms with Gasteiger partial charge in [-0.15, -0.1) is 11.3 Å². The Hall–Kier alpha value is -2.99. The first-order valence-corrected chi connectivity index (χ1v) is 9.05. The Morgan fingerprint density at radius 2 is 1.73 bits per heavy atom. The number of carbonyl (C=O) groups excluding carboxylic acids is 2. The second-order valence-corrected chi connectivity index (χ2v) is 6.53. The Kier molecular flexibility index (Phi) is 5.76. The summed E-state index contributed by atoms with van der Waals surface area (Å²) in [6.07, 6.45) is -0.846. The number of para-hydroxylation sites is 1. The molecule has 26 heavy (non-hydrogen) atoms. The lowest BCUT2D eigenvalue weighted by atomic mass is 10.2. The Morgan fingerprint density at radius 1 is 1.08 bits per heavy atom. The lowest BCUT2D eigenvalue weighted by Crippen LogP contribution is -2.30. The van der Waals surface area contributed by atoms with Gasteiger partial charge < -0.3 is 10.1 Å². The highest BCUT2D eigenvalue weighted by Gasteiger charge is 2.19. The summed E-state index contributed by atoms with van der Waals surface area (Å²) < 4.78 is 5.22. The third-order valence-corrected chi connectivity index (χ3v) is 4.56. The highest BCUT2D eigenvalue weighted by Crippen LogP contribution is 2.23. The van der Waals surface area contributed by atoms with E-state index in [1.807, 2.05) is 53.9 Å². The van der Waals surface area contributed by atoms with Crippen LogP contribution in [0.15, 0.2) is 66.0 Å². The number of aromatic nitrogens is 1. The van der Waals surface area contributed by atoms with Crippen molar-refractivity contribution in [3.8, 4) is 10.6 Å². The largest absolute Gasteiger partial charge is 0.452 e. The monoisotopic (exact) mass is 366 g/mol. The number of thiazole rings is 1. The van der Waals surface area contributed by atoms with Crippen molar-refractivity contribution in [1.29, 1.82) is 0 Å². The Labute approximate surface area is 155 Å². The SMILES string of the molecule is CC(OC(=O)Cc1csc(-c2ccccc2)n1)C(=O)Nc1ccccc1. The van der Waals surface area contributed by atoms with E-state index >= 15 is 0 Å². The zero-order chi connectivity index (χ0) is 18.4. The van der Waals surface area contributed by atoms with Gasteiger partial charge in [0.05, 0.1) is 12.1 Å². The predicted molar refractivity (Wildman–Crippen MR) is 102 cm³/mol. The quantitative estimate of drug-likeness (QED) is 0.671. The fourth-order valence-corrected chi connectivity index (χ4v) is 3.13. The van der Waals surface area contributed by atoms with E-state index in [0.717, 1.165) is 10.6 Å². The summed E-state index contributed by atoms with van der Waals surface area (Å²) in [5, 5.41) is 5.39. The van der Waals surface area contributed by atoms with Gasteiger partial charge in [-0.2, -0.15) is 0 Å². The van der Waals surface area contributed by atoms with Gasteiger partial charge in [0.15, 0.2) is 6.10 Å². The van der Waals surface area contributed by atoms with E-state index in [-0.39, 0.29) is 12.3 Å². The van der Waals surface area contributed by atoms with Gasteiger partial charge in [0.2, 0.25) is 0 Å². The van der Waals surface area contributed by atoms with E-state index in [9.17, 15) is 9.59 Å². The minimum atomic E-state index is -0.880. The molecular formula is C20H18N2O3S. The molecule has 0 saturated carbocycles. The maximum Gasteiger partial charge on any atom is 0.312 e. The molecule has 5 nitrogen and oxygen atoms in total. The highest BCUT2D eigenvalue weighted by atomic mass is 32.1. The Balaban J connectivity index is 1.54. The number of rotatable bonds is 6. The molecule has 1 amide bonds. The summed E-state index contributed by atoms with van der Waals surface area (Å²) in [4.78, 5) is 28.6. The summed E-state index contributed by atoms with van der Waals surface area (Å²) in [6.45, 7) is 1.55. The molecule has 1 N–H and O–H groups in total. The van der Waals surface area contributed by atoms with Gasteiger partial charge in [0.25, 0.3) is 5.91 Å². The molecule has 1 heterocycles. The van der Waals surface area contributed by atoms with Crippen molar-refractivity contribution in [3.05, 3.63) is 71.7 Å². The van der Waals surface area contributed by atoms with Crippen molar-refractivity contribution in [3.63, 3.8) is 0 Å². The van der Waals surface area contributed by atoms with E-state index in [2.05, 4.69) is 10.3 Å². The average molecular weight is 366 g/mol. The van der Waals surface area contributed by atoms with Crippen molar-refractivity contribution in [2.75, 3.05) is 5.32 Å². The summed E-state index contributed by atoms with van der Waals surface area (Å²) in [6, 6.07) is 18.8. The van der Waals surface area contributed by atoms with Crippen molar-refractivity contribution in [1.82, 2.24) is 4.98 Å². The zero-order valence-electron chi connectivity index (χ0n) is 14.2. The van der Waals surface area contributed by atoms with E-state index in [1.54, 1.807) is 19.1 Å². The van der Waals surface area contributed by atoms with Gasteiger partial charge >= 0.3 is 5.97 Å². The number of hydrogen-bond donors (Lipinski definition) is 1. The first-order chi connectivity index (χ1) is 12.6. The first kappa shape index (κ1) is 17.8. The van der Waals surface area contributed by atoms with Crippen LogP contribution < -0.4 is 5.32 Å². The molecule has 0 saturated heterocycles. The number of hydrogen-bond acceptors (Lipinski definition) is 5. The van der Waals surface area contributed by atoms with Crippen LogP contribution in [0.2, 0.25) is 0 Å². The number of amides is 1. The fraction of sp³-hybridized carbons (Fsp3) is 0.150. The van der Waals surface area contributed by atoms with E-state index in [1.165, 1.54) is 11.3 Å². The third-order valence-electron chi connectivity index (χ3n) is 3.62. The standard InChI is InChI=1S/C20H18N2O3S/c1-14(19(24)21-16-10-6-3-7-11-16)25-18(23)12-17-13-26-20(22-17)15-8-4-2-5-9-15/h2-11,13-14H,12H2,1H3,(H,21,24). The maximum atomic E-state index is 12.1. The molecule has 6 heteroatoms. The fourth-order valence-electron chi connectivity index (χ4n) is 2.31. The summed E-state index contributed by atoms with van der Waals surface area (Å²) in [5.74, 6) is -0.849. The molecule has 3 rings (SSSR count). The lowest BCUT2D eigenvalue weighted by molar-refractivity contribution is -0.152. The number of benzene rings is 2. The second-order valence-electron chi connectivity index (χ2n) is 5.67. The molecule has 0 spiro atoms. The van der Waals surface area contributed by atoms with Gasteiger partial charge in [-0.1, -0.05) is 48.5 Å². The van der Waals surface area contributed by atoms with Crippen LogP contribution in [-0.2, 0) is 20.7 Å². The van der Waals surface area contributed by atoms with E-state index in [0.29, 0.717) is 11.4 Å². The number of carbonyl (C=O) groups is 2. The molecule has 2 aromatic carbocycles. The van der Waals surface area contributed by atoms with Gasteiger partial charge in [-0.3, -0.25) is 9.59 Å². The molecule has 0 aliphatic carbocycles. The average Bonchev–Trinajstić information content (AvgIpc) is 3.11. The number of nitrogens with one attached hydrogen (secondary N) is 1. The molecular weight excluding hydrogens is 348 g/mol. The highest BCUT2D eigenvalue weighted by molar-refractivity contribution is 7.13. The Bertz CT molecular complexity index is 878. The van der Waals surface area contributed by atoms with Crippen LogP contribution >= 0.6 is 11.3 Å². The van der Waals surface area contributed by atoms with Gasteiger partial charge in [0, 0.05) is 16.6 Å². The van der Waals surface area contributed by atoms with Crippen LogP contribution in [0.25, 0.3) is 10.6 Å². The number of anilines is 1. The van der Waals surface area contributed by atoms with Crippen LogP contribution in [-0.4, -0.2) is 23.0 Å². The zero-order valence-corrected chi connectivity index (χ0v) is 15.0. The topological polar surface area (TPSA) is 68.3 Å². The van der Waals surface area contributed by atoms with E-state index < -0.39 is 12.1 Å². The molecule has 0 bridgehead atoms. The molecule has 1 atom stereocenters. The number of ether oxygens (including phenoxy) is 1. The molecule has 132 valence electrons. The van der Waals surface area contributed by atoms with Crippen LogP contribution in [0.1, 0.15) is 12.6 Å².